The van der Waals surface area contributed by atoms with Gasteiger partial charge in [-0.15, -0.1) is 0 Å². The van der Waals surface area contributed by atoms with E-state index in [2.05, 4.69) is 5.32 Å². The van der Waals surface area contributed by atoms with Gasteiger partial charge in [0.25, 0.3) is 5.91 Å². The van der Waals surface area contributed by atoms with Gasteiger partial charge in [0.2, 0.25) is 0 Å². The van der Waals surface area contributed by atoms with Gasteiger partial charge in [0, 0.05) is 7.05 Å². The number of rotatable bonds is 3. The van der Waals surface area contributed by atoms with Crippen LogP contribution in [0.15, 0.2) is 36.4 Å². The van der Waals surface area contributed by atoms with Crippen molar-refractivity contribution in [2.75, 3.05) is 13.7 Å². The lowest BCUT2D eigenvalue weighted by atomic mass is 10.0. The van der Waals surface area contributed by atoms with Crippen molar-refractivity contribution >= 4 is 16.7 Å². The van der Waals surface area contributed by atoms with Crippen molar-refractivity contribution in [2.45, 2.75) is 6.92 Å². The molecule has 0 spiro atoms. The Kier molecular flexibility index (Phi) is 3.28. The third kappa shape index (κ3) is 2.09. The first-order chi connectivity index (χ1) is 8.27. The number of benzene rings is 2. The Labute approximate surface area is 100 Å². The van der Waals surface area contributed by atoms with Crippen LogP contribution < -0.4 is 10.1 Å². The van der Waals surface area contributed by atoms with E-state index in [1.807, 2.05) is 43.3 Å². The minimum Gasteiger partial charge on any atom is -0.493 e. The Morgan fingerprint density at radius 3 is 2.71 bits per heavy atom. The molecule has 0 aliphatic carbocycles. The SMILES string of the molecule is CCOc1ccc2ccccc2c1C(=O)NC. The molecule has 2 aromatic rings. The molecule has 0 radical (unpaired) electrons. The average Bonchev–Trinajstić information content (AvgIpc) is 2.38. The zero-order valence-corrected chi connectivity index (χ0v) is 9.99. The Hall–Kier alpha value is -2.03. The molecule has 0 bridgehead atoms. The molecule has 0 saturated heterocycles. The van der Waals surface area contributed by atoms with Crippen LogP contribution in [0.4, 0.5) is 0 Å². The van der Waals surface area contributed by atoms with E-state index in [0.29, 0.717) is 17.9 Å². The fourth-order valence-electron chi connectivity index (χ4n) is 1.89. The smallest absolute Gasteiger partial charge is 0.255 e. The molecular formula is C14H15NO2. The van der Waals surface area contributed by atoms with Crippen molar-refractivity contribution in [3.63, 3.8) is 0 Å². The van der Waals surface area contributed by atoms with Gasteiger partial charge < -0.3 is 10.1 Å². The highest BCUT2D eigenvalue weighted by Gasteiger charge is 2.14. The maximum absolute atomic E-state index is 11.9. The van der Waals surface area contributed by atoms with Gasteiger partial charge >= 0.3 is 0 Å². The summed E-state index contributed by atoms with van der Waals surface area (Å²) in [5, 5.41) is 4.60. The third-order valence-electron chi connectivity index (χ3n) is 2.64. The van der Waals surface area contributed by atoms with E-state index in [4.69, 9.17) is 4.74 Å². The highest BCUT2D eigenvalue weighted by Crippen LogP contribution is 2.27. The van der Waals surface area contributed by atoms with Gasteiger partial charge in [0.1, 0.15) is 5.75 Å². The van der Waals surface area contributed by atoms with Crippen molar-refractivity contribution in [3.05, 3.63) is 42.0 Å². The summed E-state index contributed by atoms with van der Waals surface area (Å²) in [5.74, 6) is 0.510. The highest BCUT2D eigenvalue weighted by atomic mass is 16.5. The summed E-state index contributed by atoms with van der Waals surface area (Å²) in [4.78, 5) is 11.9. The minimum atomic E-state index is -0.120. The van der Waals surface area contributed by atoms with E-state index in [1.165, 1.54) is 0 Å². The number of hydrogen-bond acceptors (Lipinski definition) is 2. The topological polar surface area (TPSA) is 38.3 Å². The summed E-state index contributed by atoms with van der Waals surface area (Å²) in [6.07, 6.45) is 0. The molecule has 0 fully saturated rings. The Morgan fingerprint density at radius 1 is 1.24 bits per heavy atom. The molecule has 2 aromatic carbocycles. The molecule has 0 heterocycles. The highest BCUT2D eigenvalue weighted by molar-refractivity contribution is 6.09. The van der Waals surface area contributed by atoms with Crippen LogP contribution in [0.2, 0.25) is 0 Å². The van der Waals surface area contributed by atoms with Gasteiger partial charge in [0.15, 0.2) is 0 Å². The molecule has 0 aliphatic rings. The van der Waals surface area contributed by atoms with Gasteiger partial charge in [-0.05, 0) is 23.8 Å². The van der Waals surface area contributed by atoms with Crippen LogP contribution in [0.3, 0.4) is 0 Å². The van der Waals surface area contributed by atoms with E-state index in [1.54, 1.807) is 7.05 Å². The molecule has 2 rings (SSSR count). The molecule has 1 N–H and O–H groups in total. The van der Waals surface area contributed by atoms with Gasteiger partial charge in [-0.3, -0.25) is 4.79 Å². The lowest BCUT2D eigenvalue weighted by Gasteiger charge is -2.12. The number of nitrogens with one attached hydrogen (secondary N) is 1. The molecule has 17 heavy (non-hydrogen) atoms. The second-order valence-corrected chi connectivity index (χ2v) is 3.67. The number of amides is 1. The Bertz CT molecular complexity index is 549. The zero-order valence-electron chi connectivity index (χ0n) is 9.99. The average molecular weight is 229 g/mol. The monoisotopic (exact) mass is 229 g/mol. The predicted octanol–water partition coefficient (Wildman–Crippen LogP) is 2.60. The fraction of sp³-hybridized carbons (Fsp3) is 0.214. The second-order valence-electron chi connectivity index (χ2n) is 3.67. The molecule has 0 saturated carbocycles. The van der Waals surface area contributed by atoms with E-state index in [-0.39, 0.29) is 5.91 Å². The quantitative estimate of drug-likeness (QED) is 0.878. The van der Waals surface area contributed by atoms with Crippen LogP contribution in [-0.4, -0.2) is 19.6 Å². The number of fused-ring (bicyclic) bond motifs is 1. The van der Waals surface area contributed by atoms with Gasteiger partial charge in [-0.2, -0.15) is 0 Å². The van der Waals surface area contributed by atoms with Crippen LogP contribution in [0, 0.1) is 0 Å². The summed E-state index contributed by atoms with van der Waals surface area (Å²) in [7, 11) is 1.62. The Morgan fingerprint density at radius 2 is 2.00 bits per heavy atom. The molecular weight excluding hydrogens is 214 g/mol. The van der Waals surface area contributed by atoms with Crippen LogP contribution >= 0.6 is 0 Å². The van der Waals surface area contributed by atoms with Crippen LogP contribution in [0.25, 0.3) is 10.8 Å². The van der Waals surface area contributed by atoms with Crippen molar-refractivity contribution in [2.24, 2.45) is 0 Å². The molecule has 0 atom stereocenters. The molecule has 0 unspecified atom stereocenters. The molecule has 3 nitrogen and oxygen atoms in total. The Balaban J connectivity index is 2.70. The second kappa shape index (κ2) is 4.87. The number of hydrogen-bond donors (Lipinski definition) is 1. The molecule has 1 amide bonds. The van der Waals surface area contributed by atoms with E-state index < -0.39 is 0 Å². The van der Waals surface area contributed by atoms with Crippen LogP contribution in [-0.2, 0) is 0 Å². The largest absolute Gasteiger partial charge is 0.493 e. The van der Waals surface area contributed by atoms with Gasteiger partial charge in [0.05, 0.1) is 12.2 Å². The number of ether oxygens (including phenoxy) is 1. The molecule has 0 aromatic heterocycles. The number of carbonyl (C=O) groups is 1. The zero-order chi connectivity index (χ0) is 12.3. The lowest BCUT2D eigenvalue weighted by molar-refractivity contribution is 0.0961. The first kappa shape index (κ1) is 11.5. The number of carbonyl (C=O) groups excluding carboxylic acids is 1. The fourth-order valence-corrected chi connectivity index (χ4v) is 1.89. The van der Waals surface area contributed by atoms with E-state index in [0.717, 1.165) is 10.8 Å². The van der Waals surface area contributed by atoms with Crippen LogP contribution in [0.1, 0.15) is 17.3 Å². The molecule has 3 heteroatoms. The predicted molar refractivity (Wildman–Crippen MR) is 68.5 cm³/mol. The third-order valence-corrected chi connectivity index (χ3v) is 2.64. The maximum atomic E-state index is 11.9. The summed E-state index contributed by atoms with van der Waals surface area (Å²) in [6.45, 7) is 2.45. The first-order valence-electron chi connectivity index (χ1n) is 5.64. The molecule has 0 aliphatic heterocycles. The standard InChI is InChI=1S/C14H15NO2/c1-3-17-12-9-8-10-6-4-5-7-11(10)13(12)14(16)15-2/h4-9H,3H2,1-2H3,(H,15,16). The van der Waals surface area contributed by atoms with E-state index >= 15 is 0 Å². The van der Waals surface area contributed by atoms with Crippen LogP contribution in [0.5, 0.6) is 5.75 Å². The molecule has 88 valence electrons. The summed E-state index contributed by atoms with van der Waals surface area (Å²) >= 11 is 0. The van der Waals surface area contributed by atoms with Crippen molar-refractivity contribution < 1.29 is 9.53 Å². The van der Waals surface area contributed by atoms with Gasteiger partial charge in [-0.1, -0.05) is 30.3 Å². The van der Waals surface area contributed by atoms with Crippen molar-refractivity contribution in [3.8, 4) is 5.75 Å². The lowest BCUT2D eigenvalue weighted by Crippen LogP contribution is -2.19. The first-order valence-corrected chi connectivity index (χ1v) is 5.64. The maximum Gasteiger partial charge on any atom is 0.255 e. The minimum absolute atomic E-state index is 0.120. The van der Waals surface area contributed by atoms with Crippen molar-refractivity contribution in [1.29, 1.82) is 0 Å². The van der Waals surface area contributed by atoms with Crippen molar-refractivity contribution in [1.82, 2.24) is 5.32 Å². The van der Waals surface area contributed by atoms with Gasteiger partial charge in [-0.25, -0.2) is 0 Å². The summed E-state index contributed by atoms with van der Waals surface area (Å²) in [6, 6.07) is 11.6. The normalized spacial score (nSPS) is 10.2. The van der Waals surface area contributed by atoms with E-state index in [9.17, 15) is 4.79 Å². The summed E-state index contributed by atoms with van der Waals surface area (Å²) < 4.78 is 5.51. The summed E-state index contributed by atoms with van der Waals surface area (Å²) in [5.41, 5.74) is 0.604.